The molecule has 2 aromatic heterocycles. The fraction of sp³-hybridized carbons (Fsp3) is 0.439. The van der Waals surface area contributed by atoms with Crippen molar-refractivity contribution >= 4 is 11.9 Å². The summed E-state index contributed by atoms with van der Waals surface area (Å²) >= 11 is 0. The highest BCUT2D eigenvalue weighted by atomic mass is 16.6. The van der Waals surface area contributed by atoms with Crippen LogP contribution in [0.4, 0.5) is 10.6 Å². The standard InChI is InChI=1S/C41H51N5O4/c1-41(2,3)50-40(47)46-25-21-35(22-26-46)44(4)28-31-19-23-45(24-20-31)37-17-15-34(27-42-37)36-16-18-38(48-29-32-11-7-5-8-12-32)43-39(36)49-30-33-13-9-6-10-14-33/h5-18,27,31,35H,19-26,28-30H2,1-4H3. The van der Waals surface area contributed by atoms with E-state index in [4.69, 9.17) is 24.2 Å². The third-order valence-corrected chi connectivity index (χ3v) is 9.57. The predicted molar refractivity (Wildman–Crippen MR) is 197 cm³/mol. The summed E-state index contributed by atoms with van der Waals surface area (Å²) in [7, 11) is 2.25. The van der Waals surface area contributed by atoms with Gasteiger partial charge in [0.05, 0.1) is 0 Å². The lowest BCUT2D eigenvalue weighted by Gasteiger charge is -2.40. The first-order chi connectivity index (χ1) is 24.2. The van der Waals surface area contributed by atoms with Crippen molar-refractivity contribution in [3.8, 4) is 22.9 Å². The smallest absolute Gasteiger partial charge is 0.410 e. The van der Waals surface area contributed by atoms with Crippen LogP contribution < -0.4 is 14.4 Å². The molecule has 2 aliphatic rings. The third kappa shape index (κ3) is 9.75. The Bertz CT molecular complexity index is 1650. The van der Waals surface area contributed by atoms with Crippen molar-refractivity contribution in [3.05, 3.63) is 102 Å². The highest BCUT2D eigenvalue weighted by Gasteiger charge is 2.30. The third-order valence-electron chi connectivity index (χ3n) is 9.57. The zero-order valence-electron chi connectivity index (χ0n) is 30.0. The van der Waals surface area contributed by atoms with Crippen LogP contribution in [0.25, 0.3) is 11.1 Å². The van der Waals surface area contributed by atoms with Crippen molar-refractivity contribution in [1.29, 1.82) is 0 Å². The van der Waals surface area contributed by atoms with Crippen molar-refractivity contribution in [2.75, 3.05) is 44.7 Å². The number of aromatic nitrogens is 2. The average molecular weight is 678 g/mol. The quantitative estimate of drug-likeness (QED) is 0.159. The fourth-order valence-corrected chi connectivity index (χ4v) is 6.74. The van der Waals surface area contributed by atoms with Crippen molar-refractivity contribution in [1.82, 2.24) is 19.8 Å². The average Bonchev–Trinajstić information content (AvgIpc) is 3.14. The molecule has 2 aliphatic heterocycles. The van der Waals surface area contributed by atoms with E-state index in [2.05, 4.69) is 29.0 Å². The number of carbonyl (C=O) groups excluding carboxylic acids is 1. The Labute approximate surface area is 297 Å². The minimum atomic E-state index is -0.458. The summed E-state index contributed by atoms with van der Waals surface area (Å²) in [5, 5.41) is 0. The molecule has 9 nitrogen and oxygen atoms in total. The SMILES string of the molecule is CN(CC1CCN(c2ccc(-c3ccc(OCc4ccccc4)nc3OCc3ccccc3)cn2)CC1)C1CCN(C(=O)OC(C)(C)C)CC1. The topological polar surface area (TPSA) is 80.3 Å². The lowest BCUT2D eigenvalue weighted by Crippen LogP contribution is -2.48. The van der Waals surface area contributed by atoms with E-state index in [0.717, 1.165) is 86.5 Å². The lowest BCUT2D eigenvalue weighted by atomic mass is 9.94. The van der Waals surface area contributed by atoms with Crippen LogP contribution in [-0.2, 0) is 18.0 Å². The number of carbonyl (C=O) groups is 1. The van der Waals surface area contributed by atoms with Gasteiger partial charge in [-0.15, -0.1) is 0 Å². The van der Waals surface area contributed by atoms with Gasteiger partial charge in [0.2, 0.25) is 11.8 Å². The summed E-state index contributed by atoms with van der Waals surface area (Å²) in [5.41, 5.74) is 3.53. The van der Waals surface area contributed by atoms with Crippen molar-refractivity contribution in [2.45, 2.75) is 71.3 Å². The second-order valence-electron chi connectivity index (χ2n) is 14.5. The number of likely N-dealkylation sites (tertiary alicyclic amines) is 1. The van der Waals surface area contributed by atoms with E-state index in [1.54, 1.807) is 0 Å². The van der Waals surface area contributed by atoms with Crippen molar-refractivity contribution in [3.63, 3.8) is 0 Å². The summed E-state index contributed by atoms with van der Waals surface area (Å²) in [6.45, 7) is 11.2. The van der Waals surface area contributed by atoms with Crippen LogP contribution in [0.2, 0.25) is 0 Å². The molecule has 6 rings (SSSR count). The highest BCUT2D eigenvalue weighted by Crippen LogP contribution is 2.33. The van der Waals surface area contributed by atoms with Crippen LogP contribution in [0.3, 0.4) is 0 Å². The van der Waals surface area contributed by atoms with E-state index in [-0.39, 0.29) is 6.09 Å². The number of ether oxygens (including phenoxy) is 3. The second-order valence-corrected chi connectivity index (χ2v) is 14.5. The summed E-state index contributed by atoms with van der Waals surface area (Å²) in [6.07, 6.45) is 5.98. The summed E-state index contributed by atoms with van der Waals surface area (Å²) in [4.78, 5) is 28.9. The first-order valence-electron chi connectivity index (χ1n) is 17.9. The molecule has 0 atom stereocenters. The van der Waals surface area contributed by atoms with Gasteiger partial charge in [0, 0.05) is 62.2 Å². The second kappa shape index (κ2) is 16.4. The molecule has 264 valence electrons. The summed E-state index contributed by atoms with van der Waals surface area (Å²) in [5.74, 6) is 2.69. The number of piperidine rings is 2. The summed E-state index contributed by atoms with van der Waals surface area (Å²) < 4.78 is 17.9. The number of pyridine rings is 2. The molecule has 1 amide bonds. The number of rotatable bonds is 11. The van der Waals surface area contributed by atoms with Crippen molar-refractivity contribution in [2.24, 2.45) is 5.92 Å². The number of anilines is 1. The zero-order valence-corrected chi connectivity index (χ0v) is 30.0. The number of benzene rings is 2. The largest absolute Gasteiger partial charge is 0.473 e. The zero-order chi connectivity index (χ0) is 34.9. The first-order valence-corrected chi connectivity index (χ1v) is 17.9. The predicted octanol–water partition coefficient (Wildman–Crippen LogP) is 7.85. The van der Waals surface area contributed by atoms with Gasteiger partial charge in [0.15, 0.2) is 0 Å². The van der Waals surface area contributed by atoms with Crippen LogP contribution in [0.15, 0.2) is 91.1 Å². The minimum Gasteiger partial charge on any atom is -0.473 e. The number of hydrogen-bond donors (Lipinski definition) is 0. The molecule has 9 heteroatoms. The molecule has 2 fully saturated rings. The van der Waals surface area contributed by atoms with Gasteiger partial charge in [-0.25, -0.2) is 9.78 Å². The molecule has 0 unspecified atom stereocenters. The molecule has 4 aromatic rings. The van der Waals surface area contributed by atoms with Gasteiger partial charge >= 0.3 is 6.09 Å². The number of hydrogen-bond acceptors (Lipinski definition) is 8. The van der Waals surface area contributed by atoms with Gasteiger partial charge in [-0.1, -0.05) is 60.7 Å². The Kier molecular flexibility index (Phi) is 11.5. The van der Waals surface area contributed by atoms with Gasteiger partial charge < -0.3 is 28.9 Å². The highest BCUT2D eigenvalue weighted by molar-refractivity contribution is 5.69. The Morgan fingerprint density at radius 1 is 0.800 bits per heavy atom. The molecule has 0 N–H and O–H groups in total. The Hall–Kier alpha value is -4.63. The maximum absolute atomic E-state index is 12.5. The Morgan fingerprint density at radius 2 is 1.44 bits per heavy atom. The number of amides is 1. The fourth-order valence-electron chi connectivity index (χ4n) is 6.74. The molecular formula is C41H51N5O4. The van der Waals surface area contributed by atoms with Gasteiger partial charge in [-0.05, 0) is 88.7 Å². The maximum Gasteiger partial charge on any atom is 0.410 e. The molecular weight excluding hydrogens is 626 g/mol. The minimum absolute atomic E-state index is 0.192. The maximum atomic E-state index is 12.5. The van der Waals surface area contributed by atoms with E-state index in [9.17, 15) is 4.79 Å². The molecule has 0 spiro atoms. The van der Waals surface area contributed by atoms with Gasteiger partial charge in [0.25, 0.3) is 0 Å². The normalized spacial score (nSPS) is 16.0. The van der Waals surface area contributed by atoms with Crippen molar-refractivity contribution < 1.29 is 19.0 Å². The summed E-state index contributed by atoms with van der Waals surface area (Å²) in [6, 6.07) is 28.8. The monoisotopic (exact) mass is 677 g/mol. The van der Waals surface area contributed by atoms with Crippen LogP contribution in [-0.4, -0.2) is 77.3 Å². The van der Waals surface area contributed by atoms with E-state index < -0.39 is 5.60 Å². The van der Waals surface area contributed by atoms with Crippen LogP contribution in [0.1, 0.15) is 57.6 Å². The van der Waals surface area contributed by atoms with E-state index in [0.29, 0.717) is 36.9 Å². The van der Waals surface area contributed by atoms with Crippen LogP contribution in [0.5, 0.6) is 11.8 Å². The lowest BCUT2D eigenvalue weighted by molar-refractivity contribution is 0.0148. The Balaban J connectivity index is 1.03. The molecule has 2 saturated heterocycles. The van der Waals surface area contributed by atoms with E-state index in [1.807, 2.05) is 105 Å². The van der Waals surface area contributed by atoms with E-state index in [1.165, 1.54) is 0 Å². The molecule has 50 heavy (non-hydrogen) atoms. The molecule has 2 aromatic carbocycles. The van der Waals surface area contributed by atoms with Crippen LogP contribution >= 0.6 is 0 Å². The number of nitrogens with zero attached hydrogens (tertiary/aromatic N) is 5. The molecule has 0 bridgehead atoms. The molecule has 0 saturated carbocycles. The van der Waals surface area contributed by atoms with Gasteiger partial charge in [-0.3, -0.25) is 0 Å². The van der Waals surface area contributed by atoms with Crippen LogP contribution in [0, 0.1) is 5.92 Å². The molecule has 4 heterocycles. The van der Waals surface area contributed by atoms with Gasteiger partial charge in [-0.2, -0.15) is 4.98 Å². The molecule has 0 aliphatic carbocycles. The molecule has 0 radical (unpaired) electrons. The Morgan fingerprint density at radius 3 is 2.04 bits per heavy atom. The van der Waals surface area contributed by atoms with E-state index >= 15 is 0 Å². The first kappa shape index (κ1) is 35.2. The van der Waals surface area contributed by atoms with Gasteiger partial charge in [0.1, 0.15) is 24.6 Å².